The van der Waals surface area contributed by atoms with Crippen molar-refractivity contribution in [2.75, 3.05) is 45.2 Å². The van der Waals surface area contributed by atoms with E-state index >= 15 is 0 Å². The number of methoxy groups -OCH3 is 1. The molecule has 2 aliphatic rings. The van der Waals surface area contributed by atoms with Gasteiger partial charge in [-0.25, -0.2) is 13.2 Å². The first-order valence-electron chi connectivity index (χ1n) is 11.9. The number of esters is 1. The number of carbonyl (C=O) groups is 1. The third-order valence-corrected chi connectivity index (χ3v) is 9.82. The minimum atomic E-state index is -3.60. The maximum absolute atomic E-state index is 13.0. The molecular formula is C24H31N3O5S3. The second-order valence-corrected chi connectivity index (χ2v) is 11.9. The number of ether oxygens (including phenoxy) is 2. The first-order valence-corrected chi connectivity index (χ1v) is 14.5. The van der Waals surface area contributed by atoms with Gasteiger partial charge in [0.15, 0.2) is 5.11 Å². The number of rotatable bonds is 6. The van der Waals surface area contributed by atoms with Crippen molar-refractivity contribution in [2.24, 2.45) is 0 Å². The summed E-state index contributed by atoms with van der Waals surface area (Å²) in [6.07, 6.45) is 5.17. The van der Waals surface area contributed by atoms with Crippen molar-refractivity contribution in [3.8, 4) is 5.75 Å². The number of thiocarbonyl (C=S) groups is 1. The summed E-state index contributed by atoms with van der Waals surface area (Å²) in [5, 5.41) is 4.51. The molecule has 0 atom stereocenters. The zero-order chi connectivity index (χ0) is 25.0. The van der Waals surface area contributed by atoms with E-state index in [0.717, 1.165) is 42.7 Å². The summed E-state index contributed by atoms with van der Waals surface area (Å²) in [7, 11) is -2.05. The van der Waals surface area contributed by atoms with Crippen molar-refractivity contribution in [3.63, 3.8) is 0 Å². The number of carbonyl (C=O) groups excluding carboxylic acids is 1. The summed E-state index contributed by atoms with van der Waals surface area (Å²) in [4.78, 5) is 16.2. The van der Waals surface area contributed by atoms with Gasteiger partial charge in [0.25, 0.3) is 0 Å². The fourth-order valence-electron chi connectivity index (χ4n) is 4.45. The molecule has 0 amide bonds. The third-order valence-electron chi connectivity index (χ3n) is 6.34. The lowest BCUT2D eigenvalue weighted by Gasteiger charge is -2.35. The number of hydrogen-bond donors (Lipinski definition) is 1. The second kappa shape index (κ2) is 11.2. The molecule has 0 saturated carbocycles. The highest BCUT2D eigenvalue weighted by molar-refractivity contribution is 7.89. The van der Waals surface area contributed by atoms with Crippen molar-refractivity contribution in [2.45, 2.75) is 43.9 Å². The van der Waals surface area contributed by atoms with Crippen LogP contribution in [0.1, 0.15) is 47.0 Å². The number of hydrogen-bond acceptors (Lipinski definition) is 7. The van der Waals surface area contributed by atoms with E-state index in [0.29, 0.717) is 49.2 Å². The molecular weight excluding hydrogens is 506 g/mol. The Morgan fingerprint density at radius 3 is 2.43 bits per heavy atom. The average Bonchev–Trinajstić information content (AvgIpc) is 3.04. The highest BCUT2D eigenvalue weighted by Crippen LogP contribution is 2.38. The molecule has 1 aromatic heterocycles. The molecule has 2 aromatic rings. The molecule has 1 saturated heterocycles. The highest BCUT2D eigenvalue weighted by atomic mass is 32.2. The van der Waals surface area contributed by atoms with Gasteiger partial charge in [0.2, 0.25) is 10.0 Å². The molecule has 1 aliphatic heterocycles. The molecule has 35 heavy (non-hydrogen) atoms. The monoisotopic (exact) mass is 537 g/mol. The fourth-order valence-corrected chi connectivity index (χ4v) is 7.50. The van der Waals surface area contributed by atoms with Crippen LogP contribution in [0.2, 0.25) is 0 Å². The van der Waals surface area contributed by atoms with Crippen LogP contribution in [0.3, 0.4) is 0 Å². The van der Waals surface area contributed by atoms with Crippen LogP contribution >= 0.6 is 23.6 Å². The highest BCUT2D eigenvalue weighted by Gasteiger charge is 2.31. The molecule has 0 bridgehead atoms. The smallest absolute Gasteiger partial charge is 0.341 e. The SMILES string of the molecule is CCOC(=O)c1c(NC(=S)N2CCN(S(=O)(=O)c3ccc(OC)cc3)CC2)sc2c1CCCCC2. The Balaban J connectivity index is 1.44. The van der Waals surface area contributed by atoms with Gasteiger partial charge in [-0.1, -0.05) is 6.42 Å². The summed E-state index contributed by atoms with van der Waals surface area (Å²) < 4.78 is 38.0. The summed E-state index contributed by atoms with van der Waals surface area (Å²) in [6, 6.07) is 6.41. The molecule has 0 unspecified atom stereocenters. The van der Waals surface area contributed by atoms with Crippen LogP contribution < -0.4 is 10.1 Å². The number of anilines is 1. The third kappa shape index (κ3) is 5.63. The molecule has 1 aromatic carbocycles. The standard InChI is InChI=1S/C24H31N3O5S3/c1-3-32-23(28)21-19-7-5-4-6-8-20(19)34-22(21)25-24(33)26-13-15-27(16-14-26)35(29,30)18-11-9-17(31-2)10-12-18/h9-12H,3-8,13-16H2,1-2H3,(H,25,33). The minimum Gasteiger partial charge on any atom is -0.497 e. The van der Waals surface area contributed by atoms with Gasteiger partial charge in [-0.3, -0.25) is 0 Å². The minimum absolute atomic E-state index is 0.242. The fraction of sp³-hybridized carbons (Fsp3) is 0.500. The number of piperazine rings is 1. The predicted octanol–water partition coefficient (Wildman–Crippen LogP) is 3.91. The van der Waals surface area contributed by atoms with Gasteiger partial charge in [-0.15, -0.1) is 11.3 Å². The van der Waals surface area contributed by atoms with Gasteiger partial charge in [-0.2, -0.15) is 4.31 Å². The largest absolute Gasteiger partial charge is 0.497 e. The van der Waals surface area contributed by atoms with E-state index in [1.54, 1.807) is 49.6 Å². The van der Waals surface area contributed by atoms with Gasteiger partial charge < -0.3 is 19.7 Å². The van der Waals surface area contributed by atoms with E-state index in [4.69, 9.17) is 21.7 Å². The van der Waals surface area contributed by atoms with Crippen LogP contribution in [0.5, 0.6) is 5.75 Å². The number of thiophene rings is 1. The van der Waals surface area contributed by atoms with E-state index in [1.165, 1.54) is 9.18 Å². The van der Waals surface area contributed by atoms with Crippen molar-refractivity contribution in [1.82, 2.24) is 9.21 Å². The zero-order valence-electron chi connectivity index (χ0n) is 20.0. The van der Waals surface area contributed by atoms with Crippen LogP contribution in [-0.2, 0) is 27.6 Å². The van der Waals surface area contributed by atoms with Crippen LogP contribution in [0, 0.1) is 0 Å². The van der Waals surface area contributed by atoms with Gasteiger partial charge in [0.05, 0.1) is 24.2 Å². The zero-order valence-corrected chi connectivity index (χ0v) is 22.5. The molecule has 1 aliphatic carbocycles. The summed E-state index contributed by atoms with van der Waals surface area (Å²) in [6.45, 7) is 3.68. The molecule has 2 heterocycles. The van der Waals surface area contributed by atoms with Gasteiger partial charge >= 0.3 is 5.97 Å². The average molecular weight is 538 g/mol. The first-order chi connectivity index (χ1) is 16.8. The van der Waals surface area contributed by atoms with Gasteiger partial charge in [0, 0.05) is 31.1 Å². The molecule has 1 fully saturated rings. The van der Waals surface area contributed by atoms with Crippen LogP contribution in [0.15, 0.2) is 29.2 Å². The summed E-state index contributed by atoms with van der Waals surface area (Å²) in [5.74, 6) is 0.297. The molecule has 0 spiro atoms. The number of fused-ring (bicyclic) bond motifs is 1. The van der Waals surface area contributed by atoms with Crippen molar-refractivity contribution in [1.29, 1.82) is 0 Å². The number of nitrogens with zero attached hydrogens (tertiary/aromatic N) is 2. The molecule has 190 valence electrons. The van der Waals surface area contributed by atoms with Gasteiger partial charge in [-0.05, 0) is 74.7 Å². The number of aryl methyl sites for hydroxylation is 1. The quantitative estimate of drug-likeness (QED) is 0.337. The van der Waals surface area contributed by atoms with E-state index in [1.807, 2.05) is 4.90 Å². The Morgan fingerprint density at radius 1 is 1.09 bits per heavy atom. The molecule has 4 rings (SSSR count). The lowest BCUT2D eigenvalue weighted by Crippen LogP contribution is -2.51. The predicted molar refractivity (Wildman–Crippen MR) is 141 cm³/mol. The lowest BCUT2D eigenvalue weighted by molar-refractivity contribution is 0.0526. The molecule has 8 nitrogen and oxygen atoms in total. The topological polar surface area (TPSA) is 88.2 Å². The van der Waals surface area contributed by atoms with E-state index in [2.05, 4.69) is 5.32 Å². The van der Waals surface area contributed by atoms with Crippen LogP contribution in [0.25, 0.3) is 0 Å². The Morgan fingerprint density at radius 2 is 1.77 bits per heavy atom. The first kappa shape index (κ1) is 25.9. The number of benzene rings is 1. The second-order valence-electron chi connectivity index (χ2n) is 8.49. The summed E-state index contributed by atoms with van der Waals surface area (Å²) in [5.41, 5.74) is 1.70. The molecule has 0 radical (unpaired) electrons. The molecule has 1 N–H and O–H groups in total. The lowest BCUT2D eigenvalue weighted by atomic mass is 10.1. The Bertz CT molecular complexity index is 1170. The van der Waals surface area contributed by atoms with E-state index in [-0.39, 0.29) is 10.9 Å². The Labute approximate surface area is 216 Å². The van der Waals surface area contributed by atoms with Crippen LogP contribution in [-0.4, -0.2) is 68.6 Å². The number of sulfonamides is 1. The van der Waals surface area contributed by atoms with E-state index < -0.39 is 10.0 Å². The van der Waals surface area contributed by atoms with Gasteiger partial charge in [0.1, 0.15) is 10.8 Å². The summed E-state index contributed by atoms with van der Waals surface area (Å²) >= 11 is 7.26. The van der Waals surface area contributed by atoms with Crippen molar-refractivity contribution < 1.29 is 22.7 Å². The van der Waals surface area contributed by atoms with Crippen LogP contribution in [0.4, 0.5) is 5.00 Å². The number of nitrogens with one attached hydrogen (secondary N) is 1. The van der Waals surface area contributed by atoms with Crippen molar-refractivity contribution >= 4 is 49.7 Å². The van der Waals surface area contributed by atoms with Crippen molar-refractivity contribution in [3.05, 3.63) is 40.3 Å². The van der Waals surface area contributed by atoms with E-state index in [9.17, 15) is 13.2 Å². The Kier molecular flexibility index (Phi) is 8.31. The maximum Gasteiger partial charge on any atom is 0.341 e. The molecule has 11 heteroatoms. The normalized spacial score (nSPS) is 16.8. The Hall–Kier alpha value is -2.21. The maximum atomic E-state index is 13.0.